The van der Waals surface area contributed by atoms with Gasteiger partial charge in [-0.15, -0.1) is 4.73 Å². The Hall–Kier alpha value is -3.40. The molecule has 0 radical (unpaired) electrons. The van der Waals surface area contributed by atoms with Gasteiger partial charge >= 0.3 is 11.6 Å². The number of rotatable bonds is 5. The van der Waals surface area contributed by atoms with Crippen molar-refractivity contribution in [1.29, 1.82) is 0 Å². The van der Waals surface area contributed by atoms with Gasteiger partial charge < -0.3 is 49.4 Å². The zero-order chi connectivity index (χ0) is 25.6. The van der Waals surface area contributed by atoms with Gasteiger partial charge in [0.05, 0.1) is 11.6 Å². The number of aliphatic hydroxyl groups excluding tert-OH is 4. The summed E-state index contributed by atoms with van der Waals surface area (Å²) in [5, 5.41) is 57.6. The van der Waals surface area contributed by atoms with Crippen LogP contribution in [0, 0.1) is 5.82 Å². The van der Waals surface area contributed by atoms with Crippen LogP contribution < -0.4 is 15.2 Å². The third-order valence-electron chi connectivity index (χ3n) is 5.15. The molecule has 1 aromatic carbocycles. The molecule has 13 nitrogen and oxygen atoms in total. The Kier molecular flexibility index (Phi) is 6.59. The number of aromatic nitrogens is 1. The molecule has 1 aliphatic heterocycles. The normalized spacial score (nSPS) is 24.5. The van der Waals surface area contributed by atoms with Gasteiger partial charge in [-0.2, -0.15) is 4.39 Å². The molecular formula is C20H17ClFNO12. The van der Waals surface area contributed by atoms with E-state index in [9.17, 15) is 40.2 Å². The molecule has 1 fully saturated rings. The van der Waals surface area contributed by atoms with Crippen molar-refractivity contribution >= 4 is 28.5 Å². The Labute approximate surface area is 198 Å². The Morgan fingerprint density at radius 1 is 1.11 bits per heavy atom. The van der Waals surface area contributed by atoms with Crippen molar-refractivity contribution in [1.82, 2.24) is 4.73 Å². The molecule has 1 aliphatic rings. The molecule has 0 saturated carbocycles. The van der Waals surface area contributed by atoms with Crippen molar-refractivity contribution in [3.05, 3.63) is 51.1 Å². The Morgan fingerprint density at radius 2 is 1.77 bits per heavy atom. The molecule has 0 bridgehead atoms. The fourth-order valence-electron chi connectivity index (χ4n) is 3.33. The van der Waals surface area contributed by atoms with Crippen LogP contribution >= 0.6 is 11.6 Å². The maximum Gasteiger partial charge on any atom is 0.371 e. The van der Waals surface area contributed by atoms with Gasteiger partial charge in [0.25, 0.3) is 0 Å². The highest BCUT2D eigenvalue weighted by molar-refractivity contribution is 6.32. The second-order valence-corrected chi connectivity index (χ2v) is 7.81. The Morgan fingerprint density at radius 3 is 2.40 bits per heavy atom. The Balaban J connectivity index is 1.67. The fraction of sp³-hybridized carbons (Fsp3) is 0.300. The van der Waals surface area contributed by atoms with Crippen LogP contribution in [0.15, 0.2) is 33.5 Å². The molecule has 15 heteroatoms. The largest absolute Gasteiger partial charge is 0.492 e. The summed E-state index contributed by atoms with van der Waals surface area (Å²) >= 11 is 6.07. The molecule has 3 aromatic rings. The minimum atomic E-state index is -1.87. The van der Waals surface area contributed by atoms with Crippen molar-refractivity contribution in [2.24, 2.45) is 0 Å². The first kappa shape index (κ1) is 24.7. The van der Waals surface area contributed by atoms with E-state index < -0.39 is 88.4 Å². The first-order valence-corrected chi connectivity index (χ1v) is 10.2. The molecule has 3 heterocycles. The number of benzene rings is 1. The minimum Gasteiger partial charge on any atom is -0.492 e. The zero-order valence-corrected chi connectivity index (χ0v) is 18.0. The first-order valence-electron chi connectivity index (χ1n) is 9.78. The number of nitrogens with zero attached hydrogens (tertiary/aromatic N) is 1. The van der Waals surface area contributed by atoms with Crippen LogP contribution in [0.4, 0.5) is 4.39 Å². The molecule has 4 rings (SSSR count). The average Bonchev–Trinajstić information content (AvgIpc) is 3.13. The number of fused-ring (bicyclic) bond motifs is 1. The standard InChI is InChI=1S/C20H17ClFNO12/c21-8-4-6-3-7(19(31)35-23-10(25)1-2-11(23)26)18(30)33-16(6)12(22)17(8)34-20-15(29)14(28)13(27)9(5-24)32-20/h1-4,9,13-15,20,24-29H,5H2/t9?,13-,14-,15?,20+/m1/s1. The number of hydrogen-bond acceptors (Lipinski definition) is 12. The van der Waals surface area contributed by atoms with E-state index in [0.717, 1.165) is 24.3 Å². The monoisotopic (exact) mass is 517 g/mol. The lowest BCUT2D eigenvalue weighted by molar-refractivity contribution is -0.277. The number of halogens is 2. The molecule has 2 unspecified atom stereocenters. The summed E-state index contributed by atoms with van der Waals surface area (Å²) in [6.07, 6.45) is -8.48. The van der Waals surface area contributed by atoms with E-state index >= 15 is 4.39 Å². The molecule has 0 aliphatic carbocycles. The summed E-state index contributed by atoms with van der Waals surface area (Å²) in [6, 6.07) is 3.95. The van der Waals surface area contributed by atoms with Gasteiger partial charge in [0.15, 0.2) is 11.3 Å². The van der Waals surface area contributed by atoms with E-state index in [1.54, 1.807) is 0 Å². The number of ether oxygens (including phenoxy) is 2. The molecule has 188 valence electrons. The van der Waals surface area contributed by atoms with Crippen LogP contribution in [-0.2, 0) is 4.74 Å². The van der Waals surface area contributed by atoms with E-state index in [-0.39, 0.29) is 5.39 Å². The van der Waals surface area contributed by atoms with Crippen molar-refractivity contribution in [3.8, 4) is 17.5 Å². The topological polar surface area (TPSA) is 201 Å². The lowest BCUT2D eigenvalue weighted by Gasteiger charge is -2.39. The number of aromatic hydroxyl groups is 2. The van der Waals surface area contributed by atoms with Crippen molar-refractivity contribution in [2.45, 2.75) is 30.7 Å². The SMILES string of the molecule is O=C(On1c(O)ccc1O)c1cc2cc(Cl)c(O[C@@H]3OC(CO)[C@@H](O)[C@@H](O)C3O)c(F)c2oc1=O. The van der Waals surface area contributed by atoms with Crippen LogP contribution in [0.2, 0.25) is 5.02 Å². The quantitative estimate of drug-likeness (QED) is 0.231. The summed E-state index contributed by atoms with van der Waals surface area (Å²) in [5.41, 5.74) is -2.79. The van der Waals surface area contributed by atoms with E-state index in [4.69, 9.17) is 30.3 Å². The minimum absolute atomic E-state index is 0.193. The van der Waals surface area contributed by atoms with Gasteiger partial charge in [-0.1, -0.05) is 11.6 Å². The van der Waals surface area contributed by atoms with E-state index in [1.165, 1.54) is 0 Å². The first-order chi connectivity index (χ1) is 16.5. The highest BCUT2D eigenvalue weighted by Crippen LogP contribution is 2.36. The molecule has 0 spiro atoms. The third kappa shape index (κ3) is 4.38. The molecule has 2 aromatic heterocycles. The number of aliphatic hydroxyl groups is 4. The maximum absolute atomic E-state index is 15.2. The van der Waals surface area contributed by atoms with E-state index in [1.807, 2.05) is 0 Å². The van der Waals surface area contributed by atoms with Gasteiger partial charge in [-0.3, -0.25) is 0 Å². The lowest BCUT2D eigenvalue weighted by Crippen LogP contribution is -2.60. The van der Waals surface area contributed by atoms with Gasteiger partial charge in [0.1, 0.15) is 30.0 Å². The molecule has 35 heavy (non-hydrogen) atoms. The summed E-state index contributed by atoms with van der Waals surface area (Å²) in [5.74, 6) is -4.75. The molecular weight excluding hydrogens is 501 g/mol. The van der Waals surface area contributed by atoms with Gasteiger partial charge in [0, 0.05) is 17.5 Å². The van der Waals surface area contributed by atoms with Crippen molar-refractivity contribution in [2.75, 3.05) is 6.61 Å². The number of hydrogen-bond donors (Lipinski definition) is 6. The maximum atomic E-state index is 15.2. The zero-order valence-electron chi connectivity index (χ0n) is 17.2. The summed E-state index contributed by atoms with van der Waals surface area (Å²) in [4.78, 5) is 29.4. The predicted molar refractivity (Wildman–Crippen MR) is 111 cm³/mol. The highest BCUT2D eigenvalue weighted by atomic mass is 35.5. The van der Waals surface area contributed by atoms with Crippen molar-refractivity contribution < 1.29 is 58.6 Å². The second kappa shape index (κ2) is 9.33. The van der Waals surface area contributed by atoms with Crippen LogP contribution in [0.1, 0.15) is 10.4 Å². The van der Waals surface area contributed by atoms with Gasteiger partial charge in [-0.25, -0.2) is 9.59 Å². The van der Waals surface area contributed by atoms with E-state index in [2.05, 4.69) is 0 Å². The van der Waals surface area contributed by atoms with Gasteiger partial charge in [0.2, 0.25) is 23.9 Å². The third-order valence-corrected chi connectivity index (χ3v) is 5.43. The Bertz CT molecular complexity index is 1320. The van der Waals surface area contributed by atoms with Crippen LogP contribution in [0.3, 0.4) is 0 Å². The van der Waals surface area contributed by atoms with Crippen molar-refractivity contribution in [3.63, 3.8) is 0 Å². The fourth-order valence-corrected chi connectivity index (χ4v) is 3.58. The summed E-state index contributed by atoms with van der Waals surface area (Å²) in [7, 11) is 0. The summed E-state index contributed by atoms with van der Waals surface area (Å²) < 4.78 is 30.7. The smallest absolute Gasteiger partial charge is 0.371 e. The molecule has 5 atom stereocenters. The van der Waals surface area contributed by atoms with E-state index in [0.29, 0.717) is 4.73 Å². The second-order valence-electron chi connectivity index (χ2n) is 7.41. The van der Waals surface area contributed by atoms with Gasteiger partial charge in [-0.05, 0) is 12.1 Å². The molecule has 1 saturated heterocycles. The summed E-state index contributed by atoms with van der Waals surface area (Å²) in [6.45, 7) is -0.759. The van der Waals surface area contributed by atoms with Crippen LogP contribution in [0.5, 0.6) is 17.5 Å². The number of carbonyl (C=O) groups excluding carboxylic acids is 1. The highest BCUT2D eigenvalue weighted by Gasteiger charge is 2.45. The molecule has 0 amide bonds. The number of carbonyl (C=O) groups is 1. The van der Waals surface area contributed by atoms with Crippen LogP contribution in [-0.4, -0.2) is 78.7 Å². The lowest BCUT2D eigenvalue weighted by atomic mass is 9.99. The predicted octanol–water partition coefficient (Wildman–Crippen LogP) is -0.754. The average molecular weight is 518 g/mol. The van der Waals surface area contributed by atoms with Crippen LogP contribution in [0.25, 0.3) is 11.0 Å². The molecule has 6 N–H and O–H groups in total.